The van der Waals surface area contributed by atoms with Crippen molar-refractivity contribution in [2.75, 3.05) is 6.54 Å². The Balaban J connectivity index is 1.99. The lowest BCUT2D eigenvalue weighted by Gasteiger charge is -2.03. The van der Waals surface area contributed by atoms with Gasteiger partial charge in [-0.2, -0.15) is 0 Å². The molecule has 1 saturated carbocycles. The van der Waals surface area contributed by atoms with Gasteiger partial charge in [0.25, 0.3) is 0 Å². The molecule has 1 aliphatic carbocycles. The van der Waals surface area contributed by atoms with Crippen LogP contribution in [0.3, 0.4) is 0 Å². The van der Waals surface area contributed by atoms with E-state index in [0.29, 0.717) is 6.54 Å². The Hall–Kier alpha value is -1.46. The third-order valence-corrected chi connectivity index (χ3v) is 3.14. The van der Waals surface area contributed by atoms with E-state index in [2.05, 4.69) is 11.2 Å². The number of terminal acetylenes is 1. The van der Waals surface area contributed by atoms with Gasteiger partial charge in [-0.25, -0.2) is 0 Å². The third kappa shape index (κ3) is 2.20. The van der Waals surface area contributed by atoms with Gasteiger partial charge in [0.15, 0.2) is 0 Å². The average molecular weight is 234 g/mol. The molecule has 2 atom stereocenters. The second-order valence-electron chi connectivity index (χ2n) is 3.89. The first kappa shape index (κ1) is 11.0. The molecule has 1 aliphatic rings. The molecule has 16 heavy (non-hydrogen) atoms. The molecule has 2 unspecified atom stereocenters. The lowest BCUT2D eigenvalue weighted by molar-refractivity contribution is -0.122. The summed E-state index contributed by atoms with van der Waals surface area (Å²) in [6.07, 6.45) is 5.94. The first-order chi connectivity index (χ1) is 7.74. The van der Waals surface area contributed by atoms with E-state index in [-0.39, 0.29) is 17.7 Å². The predicted octanol–water partition coefficient (Wildman–Crippen LogP) is 2.19. The van der Waals surface area contributed by atoms with Crippen molar-refractivity contribution < 1.29 is 4.79 Å². The predicted molar refractivity (Wildman–Crippen MR) is 64.1 cm³/mol. The van der Waals surface area contributed by atoms with Crippen LogP contribution in [0.2, 0.25) is 5.02 Å². The SMILES string of the molecule is C#CCNC(=O)C1CC1c1ccccc1Cl. The number of hydrogen-bond acceptors (Lipinski definition) is 1. The van der Waals surface area contributed by atoms with Gasteiger partial charge in [0.1, 0.15) is 0 Å². The fourth-order valence-corrected chi connectivity index (χ4v) is 2.15. The average Bonchev–Trinajstić information content (AvgIpc) is 3.06. The molecule has 1 aromatic rings. The second kappa shape index (κ2) is 4.59. The number of halogens is 1. The molecular weight excluding hydrogens is 222 g/mol. The van der Waals surface area contributed by atoms with E-state index in [9.17, 15) is 4.79 Å². The summed E-state index contributed by atoms with van der Waals surface area (Å²) in [5.41, 5.74) is 1.06. The molecule has 82 valence electrons. The molecule has 0 heterocycles. The number of benzene rings is 1. The van der Waals surface area contributed by atoms with Crippen LogP contribution in [0.15, 0.2) is 24.3 Å². The maximum Gasteiger partial charge on any atom is 0.224 e. The van der Waals surface area contributed by atoms with E-state index in [4.69, 9.17) is 18.0 Å². The highest BCUT2D eigenvalue weighted by molar-refractivity contribution is 6.31. The van der Waals surface area contributed by atoms with Crippen LogP contribution >= 0.6 is 11.6 Å². The summed E-state index contributed by atoms with van der Waals surface area (Å²) >= 11 is 6.07. The Morgan fingerprint density at radius 1 is 1.56 bits per heavy atom. The molecule has 0 aliphatic heterocycles. The normalized spacial score (nSPS) is 22.2. The topological polar surface area (TPSA) is 29.1 Å². The minimum atomic E-state index is 0.0304. The van der Waals surface area contributed by atoms with Gasteiger partial charge in [-0.15, -0.1) is 6.42 Å². The van der Waals surface area contributed by atoms with E-state index in [1.807, 2.05) is 24.3 Å². The van der Waals surface area contributed by atoms with Crippen molar-refractivity contribution in [2.45, 2.75) is 12.3 Å². The fourth-order valence-electron chi connectivity index (χ4n) is 1.87. The van der Waals surface area contributed by atoms with Gasteiger partial charge in [-0.05, 0) is 24.0 Å². The maximum atomic E-state index is 11.6. The molecule has 0 spiro atoms. The van der Waals surface area contributed by atoms with Crippen LogP contribution in [0, 0.1) is 18.3 Å². The Bertz CT molecular complexity index is 449. The van der Waals surface area contributed by atoms with Gasteiger partial charge >= 0.3 is 0 Å². The summed E-state index contributed by atoms with van der Waals surface area (Å²) in [6, 6.07) is 7.66. The summed E-state index contributed by atoms with van der Waals surface area (Å²) in [5, 5.41) is 3.43. The Kier molecular flexibility index (Phi) is 3.17. The Morgan fingerprint density at radius 3 is 3.00 bits per heavy atom. The third-order valence-electron chi connectivity index (χ3n) is 2.80. The monoisotopic (exact) mass is 233 g/mol. The zero-order valence-electron chi connectivity index (χ0n) is 8.74. The van der Waals surface area contributed by atoms with Gasteiger partial charge in [-0.1, -0.05) is 35.7 Å². The first-order valence-electron chi connectivity index (χ1n) is 5.19. The molecule has 1 aromatic carbocycles. The summed E-state index contributed by atoms with van der Waals surface area (Å²) in [5.74, 6) is 2.71. The molecule has 0 radical (unpaired) electrons. The van der Waals surface area contributed by atoms with Crippen LogP contribution in [0.4, 0.5) is 0 Å². The van der Waals surface area contributed by atoms with Crippen LogP contribution in [0.25, 0.3) is 0 Å². The Morgan fingerprint density at radius 2 is 2.31 bits per heavy atom. The lowest BCUT2D eigenvalue weighted by Crippen LogP contribution is -2.25. The van der Waals surface area contributed by atoms with Crippen molar-refractivity contribution in [3.63, 3.8) is 0 Å². The molecule has 2 rings (SSSR count). The minimum Gasteiger partial charge on any atom is -0.345 e. The van der Waals surface area contributed by atoms with Gasteiger partial charge in [0.05, 0.1) is 6.54 Å². The quantitative estimate of drug-likeness (QED) is 0.797. The molecule has 0 saturated heterocycles. The van der Waals surface area contributed by atoms with Crippen molar-refractivity contribution in [1.29, 1.82) is 0 Å². The van der Waals surface area contributed by atoms with Crippen molar-refractivity contribution >= 4 is 17.5 Å². The van der Waals surface area contributed by atoms with Crippen molar-refractivity contribution in [2.24, 2.45) is 5.92 Å². The largest absolute Gasteiger partial charge is 0.345 e. The van der Waals surface area contributed by atoms with E-state index in [1.54, 1.807) is 0 Å². The zero-order valence-corrected chi connectivity index (χ0v) is 9.50. The van der Waals surface area contributed by atoms with E-state index >= 15 is 0 Å². The summed E-state index contributed by atoms with van der Waals surface area (Å²) in [4.78, 5) is 11.6. The molecule has 0 aromatic heterocycles. The second-order valence-corrected chi connectivity index (χ2v) is 4.30. The summed E-state index contributed by atoms with van der Waals surface area (Å²) in [7, 11) is 0. The van der Waals surface area contributed by atoms with Gasteiger partial charge < -0.3 is 5.32 Å². The van der Waals surface area contributed by atoms with E-state index in [0.717, 1.165) is 17.0 Å². The molecule has 1 amide bonds. The molecule has 2 nitrogen and oxygen atoms in total. The lowest BCUT2D eigenvalue weighted by atomic mass is 10.1. The van der Waals surface area contributed by atoms with Crippen molar-refractivity contribution in [3.8, 4) is 12.3 Å². The van der Waals surface area contributed by atoms with Crippen molar-refractivity contribution in [3.05, 3.63) is 34.9 Å². The summed E-state index contributed by atoms with van der Waals surface area (Å²) in [6.45, 7) is 0.296. The number of carbonyl (C=O) groups is 1. The minimum absolute atomic E-state index is 0.0304. The zero-order chi connectivity index (χ0) is 11.5. The first-order valence-corrected chi connectivity index (χ1v) is 5.57. The van der Waals surface area contributed by atoms with Gasteiger partial charge in [0.2, 0.25) is 5.91 Å². The molecule has 1 N–H and O–H groups in total. The smallest absolute Gasteiger partial charge is 0.224 e. The van der Waals surface area contributed by atoms with Crippen LogP contribution in [-0.2, 0) is 4.79 Å². The molecular formula is C13H12ClNO. The Labute approximate surface area is 100.0 Å². The fraction of sp³-hybridized carbons (Fsp3) is 0.308. The van der Waals surface area contributed by atoms with E-state index < -0.39 is 0 Å². The van der Waals surface area contributed by atoms with E-state index in [1.165, 1.54) is 0 Å². The standard InChI is InChI=1S/C13H12ClNO/c1-2-7-15-13(16)11-8-10(11)9-5-3-4-6-12(9)14/h1,3-6,10-11H,7-8H2,(H,15,16). The molecule has 0 bridgehead atoms. The number of hydrogen-bond donors (Lipinski definition) is 1. The highest BCUT2D eigenvalue weighted by Gasteiger charge is 2.44. The number of rotatable bonds is 3. The number of nitrogens with one attached hydrogen (secondary N) is 1. The van der Waals surface area contributed by atoms with Crippen LogP contribution in [-0.4, -0.2) is 12.5 Å². The van der Waals surface area contributed by atoms with Gasteiger partial charge in [0, 0.05) is 10.9 Å². The van der Waals surface area contributed by atoms with Crippen LogP contribution in [0.5, 0.6) is 0 Å². The number of carbonyl (C=O) groups excluding carboxylic acids is 1. The highest BCUT2D eigenvalue weighted by atomic mass is 35.5. The van der Waals surface area contributed by atoms with Gasteiger partial charge in [-0.3, -0.25) is 4.79 Å². The molecule has 1 fully saturated rings. The molecule has 3 heteroatoms. The summed E-state index contributed by atoms with van der Waals surface area (Å²) < 4.78 is 0. The van der Waals surface area contributed by atoms with Crippen molar-refractivity contribution in [1.82, 2.24) is 5.32 Å². The maximum absolute atomic E-state index is 11.6. The van der Waals surface area contributed by atoms with Crippen LogP contribution < -0.4 is 5.32 Å². The highest BCUT2D eigenvalue weighted by Crippen LogP contribution is 2.49. The number of amides is 1. The van der Waals surface area contributed by atoms with Crippen LogP contribution in [0.1, 0.15) is 17.9 Å².